The maximum Gasteiger partial charge on any atom is 0.251 e. The molecular formula is C12H15N5O. The van der Waals surface area contributed by atoms with Crippen LogP contribution in [-0.4, -0.2) is 27.9 Å². The van der Waals surface area contributed by atoms with E-state index in [1.165, 1.54) is 0 Å². The number of rotatable bonds is 4. The van der Waals surface area contributed by atoms with E-state index in [1.807, 2.05) is 25.4 Å². The summed E-state index contributed by atoms with van der Waals surface area (Å²) in [5.74, 6) is -0.0989. The van der Waals surface area contributed by atoms with E-state index in [1.54, 1.807) is 23.9 Å². The largest absolute Gasteiger partial charge is 0.379 e. The average molecular weight is 245 g/mol. The highest BCUT2D eigenvalue weighted by Crippen LogP contribution is 2.11. The number of carbonyl (C=O) groups is 1. The number of nitrogens with one attached hydrogen (secondary N) is 2. The van der Waals surface area contributed by atoms with Crippen LogP contribution in [0, 0.1) is 0 Å². The van der Waals surface area contributed by atoms with Crippen LogP contribution in [0.5, 0.6) is 0 Å². The molecule has 1 amide bonds. The number of hydrogen-bond donors (Lipinski definition) is 2. The van der Waals surface area contributed by atoms with Gasteiger partial charge in [0.2, 0.25) is 0 Å². The Morgan fingerprint density at radius 2 is 2.28 bits per heavy atom. The van der Waals surface area contributed by atoms with Crippen molar-refractivity contribution >= 4 is 11.6 Å². The standard InChI is InChI=1S/C12H15N5O/c1-13-12(18)9-4-3-5-10(6-9)14-7-11-8-17(2)16-15-11/h3-6,8,14H,7H2,1-2H3,(H,13,18). The zero-order valence-corrected chi connectivity index (χ0v) is 10.3. The van der Waals surface area contributed by atoms with Crippen LogP contribution < -0.4 is 10.6 Å². The number of aromatic nitrogens is 3. The monoisotopic (exact) mass is 245 g/mol. The third kappa shape index (κ3) is 2.85. The molecule has 0 spiro atoms. The lowest BCUT2D eigenvalue weighted by atomic mass is 10.2. The molecule has 1 aromatic carbocycles. The second-order valence-electron chi connectivity index (χ2n) is 3.90. The van der Waals surface area contributed by atoms with Crippen molar-refractivity contribution in [2.45, 2.75) is 6.54 Å². The fourth-order valence-electron chi connectivity index (χ4n) is 1.58. The van der Waals surface area contributed by atoms with Crippen LogP contribution in [0.2, 0.25) is 0 Å². The minimum atomic E-state index is -0.0989. The predicted molar refractivity (Wildman–Crippen MR) is 68.2 cm³/mol. The molecule has 6 heteroatoms. The number of nitrogens with zero attached hydrogens (tertiary/aromatic N) is 3. The SMILES string of the molecule is CNC(=O)c1cccc(NCc2cn(C)nn2)c1. The molecule has 2 N–H and O–H groups in total. The molecular weight excluding hydrogens is 230 g/mol. The highest BCUT2D eigenvalue weighted by Gasteiger charge is 2.04. The van der Waals surface area contributed by atoms with Crippen molar-refractivity contribution in [3.63, 3.8) is 0 Å². The first-order valence-corrected chi connectivity index (χ1v) is 5.60. The van der Waals surface area contributed by atoms with Gasteiger partial charge in [-0.1, -0.05) is 11.3 Å². The van der Waals surface area contributed by atoms with Crippen LogP contribution in [0.3, 0.4) is 0 Å². The van der Waals surface area contributed by atoms with E-state index in [0.29, 0.717) is 12.1 Å². The number of aryl methyl sites for hydroxylation is 1. The second-order valence-corrected chi connectivity index (χ2v) is 3.90. The smallest absolute Gasteiger partial charge is 0.251 e. The Kier molecular flexibility index (Phi) is 3.57. The van der Waals surface area contributed by atoms with Gasteiger partial charge < -0.3 is 10.6 Å². The van der Waals surface area contributed by atoms with Gasteiger partial charge >= 0.3 is 0 Å². The molecule has 0 unspecified atom stereocenters. The summed E-state index contributed by atoms with van der Waals surface area (Å²) in [5.41, 5.74) is 2.35. The van der Waals surface area contributed by atoms with Crippen LogP contribution in [0.4, 0.5) is 5.69 Å². The van der Waals surface area contributed by atoms with E-state index in [-0.39, 0.29) is 5.91 Å². The maximum atomic E-state index is 11.5. The van der Waals surface area contributed by atoms with Gasteiger partial charge in [0.25, 0.3) is 5.91 Å². The lowest BCUT2D eigenvalue weighted by Gasteiger charge is -2.06. The average Bonchev–Trinajstić information content (AvgIpc) is 2.81. The number of anilines is 1. The third-order valence-electron chi connectivity index (χ3n) is 2.48. The van der Waals surface area contributed by atoms with Gasteiger partial charge in [-0.2, -0.15) is 0 Å². The minimum absolute atomic E-state index is 0.0989. The number of hydrogen-bond acceptors (Lipinski definition) is 4. The van der Waals surface area contributed by atoms with E-state index < -0.39 is 0 Å². The Bertz CT molecular complexity index is 549. The summed E-state index contributed by atoms with van der Waals surface area (Å²) < 4.78 is 1.65. The molecule has 94 valence electrons. The van der Waals surface area contributed by atoms with Gasteiger partial charge in [-0.15, -0.1) is 5.10 Å². The summed E-state index contributed by atoms with van der Waals surface area (Å²) in [5, 5.41) is 13.6. The lowest BCUT2D eigenvalue weighted by molar-refractivity contribution is 0.0963. The summed E-state index contributed by atoms with van der Waals surface area (Å²) in [6.07, 6.45) is 1.84. The Morgan fingerprint density at radius 3 is 2.94 bits per heavy atom. The van der Waals surface area contributed by atoms with Crippen molar-refractivity contribution in [3.8, 4) is 0 Å². The van der Waals surface area contributed by atoms with Gasteiger partial charge in [0, 0.05) is 31.5 Å². The van der Waals surface area contributed by atoms with Crippen molar-refractivity contribution in [1.29, 1.82) is 0 Å². The Labute approximate surface area is 105 Å². The normalized spacial score (nSPS) is 10.1. The quantitative estimate of drug-likeness (QED) is 0.835. The van der Waals surface area contributed by atoms with E-state index >= 15 is 0 Å². The molecule has 2 aromatic rings. The molecule has 2 rings (SSSR count). The fraction of sp³-hybridized carbons (Fsp3) is 0.250. The molecule has 1 aromatic heterocycles. The summed E-state index contributed by atoms with van der Waals surface area (Å²) >= 11 is 0. The van der Waals surface area contributed by atoms with E-state index in [4.69, 9.17) is 0 Å². The molecule has 0 bridgehead atoms. The molecule has 0 atom stereocenters. The molecule has 0 fully saturated rings. The van der Waals surface area contributed by atoms with Crippen LogP contribution in [-0.2, 0) is 13.6 Å². The highest BCUT2D eigenvalue weighted by atomic mass is 16.1. The third-order valence-corrected chi connectivity index (χ3v) is 2.48. The molecule has 0 saturated carbocycles. The molecule has 0 aliphatic carbocycles. The van der Waals surface area contributed by atoms with Gasteiger partial charge in [-0.25, -0.2) is 0 Å². The topological polar surface area (TPSA) is 71.8 Å². The van der Waals surface area contributed by atoms with Crippen molar-refractivity contribution in [2.24, 2.45) is 7.05 Å². The molecule has 6 nitrogen and oxygen atoms in total. The van der Waals surface area contributed by atoms with E-state index in [2.05, 4.69) is 20.9 Å². The Morgan fingerprint density at radius 1 is 1.44 bits per heavy atom. The number of carbonyl (C=O) groups excluding carboxylic acids is 1. The maximum absolute atomic E-state index is 11.5. The summed E-state index contributed by atoms with van der Waals surface area (Å²) in [4.78, 5) is 11.5. The van der Waals surface area contributed by atoms with Gasteiger partial charge in [0.05, 0.1) is 6.54 Å². The minimum Gasteiger partial charge on any atom is -0.379 e. The first-order chi connectivity index (χ1) is 8.69. The van der Waals surface area contributed by atoms with Crippen molar-refractivity contribution < 1.29 is 4.79 Å². The summed E-state index contributed by atoms with van der Waals surface area (Å²) in [6.45, 7) is 0.574. The van der Waals surface area contributed by atoms with E-state index in [9.17, 15) is 4.79 Å². The van der Waals surface area contributed by atoms with Crippen LogP contribution in [0.1, 0.15) is 16.1 Å². The fourth-order valence-corrected chi connectivity index (χ4v) is 1.58. The first kappa shape index (κ1) is 12.1. The summed E-state index contributed by atoms with van der Waals surface area (Å²) in [7, 11) is 3.44. The molecule has 18 heavy (non-hydrogen) atoms. The van der Waals surface area contributed by atoms with Crippen LogP contribution in [0.25, 0.3) is 0 Å². The van der Waals surface area contributed by atoms with Crippen molar-refractivity contribution in [2.75, 3.05) is 12.4 Å². The Hall–Kier alpha value is -2.37. The number of benzene rings is 1. The molecule has 1 heterocycles. The molecule has 0 radical (unpaired) electrons. The van der Waals surface area contributed by atoms with Crippen molar-refractivity contribution in [3.05, 3.63) is 41.7 Å². The second kappa shape index (κ2) is 5.31. The van der Waals surface area contributed by atoms with Crippen LogP contribution >= 0.6 is 0 Å². The summed E-state index contributed by atoms with van der Waals surface area (Å²) in [6, 6.07) is 7.31. The van der Waals surface area contributed by atoms with Gasteiger partial charge in [0.1, 0.15) is 5.69 Å². The van der Waals surface area contributed by atoms with Crippen LogP contribution in [0.15, 0.2) is 30.5 Å². The van der Waals surface area contributed by atoms with Crippen molar-refractivity contribution in [1.82, 2.24) is 20.3 Å². The molecule has 0 aliphatic rings. The van der Waals surface area contributed by atoms with Gasteiger partial charge in [-0.05, 0) is 18.2 Å². The van der Waals surface area contributed by atoms with E-state index in [0.717, 1.165) is 11.4 Å². The predicted octanol–water partition coefficient (Wildman–Crippen LogP) is 0.787. The number of amides is 1. The zero-order chi connectivity index (χ0) is 13.0. The van der Waals surface area contributed by atoms with Gasteiger partial charge in [0.15, 0.2) is 0 Å². The zero-order valence-electron chi connectivity index (χ0n) is 10.3. The van der Waals surface area contributed by atoms with Gasteiger partial charge in [-0.3, -0.25) is 9.48 Å². The Balaban J connectivity index is 2.03. The first-order valence-electron chi connectivity index (χ1n) is 5.60. The highest BCUT2D eigenvalue weighted by molar-refractivity contribution is 5.94. The molecule has 0 aliphatic heterocycles. The molecule has 0 saturated heterocycles. The lowest BCUT2D eigenvalue weighted by Crippen LogP contribution is -2.17.